The third-order valence-corrected chi connectivity index (χ3v) is 2.80. The van der Waals surface area contributed by atoms with E-state index in [-0.39, 0.29) is 0 Å². The van der Waals surface area contributed by atoms with Gasteiger partial charge in [-0.2, -0.15) is 0 Å². The molecule has 0 saturated carbocycles. The predicted molar refractivity (Wildman–Crippen MR) is 61.3 cm³/mol. The number of rotatable bonds is 4. The molecule has 0 aliphatic carbocycles. The van der Waals surface area contributed by atoms with E-state index in [1.54, 1.807) is 0 Å². The first-order chi connectivity index (χ1) is 6.70. The molecule has 0 bridgehead atoms. The van der Waals surface area contributed by atoms with Crippen LogP contribution in [0.15, 0.2) is 24.3 Å². The fourth-order valence-electron chi connectivity index (χ4n) is 1.73. The first-order valence-electron chi connectivity index (χ1n) is 5.16. The van der Waals surface area contributed by atoms with Gasteiger partial charge < -0.3 is 5.73 Å². The van der Waals surface area contributed by atoms with Gasteiger partial charge in [-0.05, 0) is 31.6 Å². The molecular formula is C12H20N2. The Hall–Kier alpha value is -0.860. The summed E-state index contributed by atoms with van der Waals surface area (Å²) in [5.41, 5.74) is 8.48. The number of benzene rings is 1. The largest absolute Gasteiger partial charge is 0.329 e. The van der Waals surface area contributed by atoms with Crippen molar-refractivity contribution in [2.45, 2.75) is 19.9 Å². The zero-order chi connectivity index (χ0) is 10.6. The van der Waals surface area contributed by atoms with Crippen LogP contribution in [0.25, 0.3) is 0 Å². The van der Waals surface area contributed by atoms with Crippen LogP contribution in [0.1, 0.15) is 24.1 Å². The van der Waals surface area contributed by atoms with Crippen molar-refractivity contribution in [3.8, 4) is 0 Å². The molecule has 0 amide bonds. The Morgan fingerprint density at radius 2 is 2.00 bits per heavy atom. The lowest BCUT2D eigenvalue weighted by atomic mass is 10.0. The summed E-state index contributed by atoms with van der Waals surface area (Å²) < 4.78 is 0. The first kappa shape index (κ1) is 11.2. The summed E-state index contributed by atoms with van der Waals surface area (Å²) in [6.45, 7) is 5.99. The number of hydrogen-bond acceptors (Lipinski definition) is 2. The van der Waals surface area contributed by atoms with Crippen LogP contribution >= 0.6 is 0 Å². The van der Waals surface area contributed by atoms with Crippen LogP contribution in [0.2, 0.25) is 0 Å². The van der Waals surface area contributed by atoms with E-state index in [1.165, 1.54) is 11.1 Å². The molecule has 78 valence electrons. The maximum absolute atomic E-state index is 5.81. The van der Waals surface area contributed by atoms with Crippen LogP contribution in [0.3, 0.4) is 0 Å². The second-order valence-corrected chi connectivity index (χ2v) is 3.68. The monoisotopic (exact) mass is 192 g/mol. The molecule has 0 spiro atoms. The molecule has 2 heteroatoms. The SMILES string of the molecule is CCN(C)C(CN)c1ccccc1C. The second-order valence-electron chi connectivity index (χ2n) is 3.68. The van der Waals surface area contributed by atoms with Crippen molar-refractivity contribution in [1.29, 1.82) is 0 Å². The Morgan fingerprint density at radius 1 is 1.36 bits per heavy atom. The first-order valence-corrected chi connectivity index (χ1v) is 5.16. The summed E-state index contributed by atoms with van der Waals surface area (Å²) in [5, 5.41) is 0. The number of hydrogen-bond donors (Lipinski definition) is 1. The molecule has 1 atom stereocenters. The number of nitrogens with two attached hydrogens (primary N) is 1. The van der Waals surface area contributed by atoms with E-state index in [0.29, 0.717) is 12.6 Å². The third kappa shape index (κ3) is 2.34. The molecule has 0 aliphatic heterocycles. The van der Waals surface area contributed by atoms with Crippen molar-refractivity contribution in [2.75, 3.05) is 20.1 Å². The fraction of sp³-hybridized carbons (Fsp3) is 0.500. The van der Waals surface area contributed by atoms with Crippen LogP contribution in [0, 0.1) is 6.92 Å². The molecule has 0 heterocycles. The maximum Gasteiger partial charge on any atom is 0.0469 e. The van der Waals surface area contributed by atoms with Crippen LogP contribution in [-0.4, -0.2) is 25.0 Å². The normalized spacial score (nSPS) is 13.2. The topological polar surface area (TPSA) is 29.3 Å². The van der Waals surface area contributed by atoms with Gasteiger partial charge in [0.05, 0.1) is 0 Å². The van der Waals surface area contributed by atoms with Crippen molar-refractivity contribution >= 4 is 0 Å². The lowest BCUT2D eigenvalue weighted by Gasteiger charge is -2.27. The van der Waals surface area contributed by atoms with E-state index < -0.39 is 0 Å². The van der Waals surface area contributed by atoms with Crippen LogP contribution in [0.4, 0.5) is 0 Å². The number of nitrogens with zero attached hydrogens (tertiary/aromatic N) is 1. The van der Waals surface area contributed by atoms with Gasteiger partial charge in [-0.3, -0.25) is 4.90 Å². The van der Waals surface area contributed by atoms with E-state index >= 15 is 0 Å². The molecule has 1 rings (SSSR count). The highest BCUT2D eigenvalue weighted by atomic mass is 15.1. The minimum Gasteiger partial charge on any atom is -0.329 e. The highest BCUT2D eigenvalue weighted by Crippen LogP contribution is 2.21. The van der Waals surface area contributed by atoms with Gasteiger partial charge in [0.25, 0.3) is 0 Å². The van der Waals surface area contributed by atoms with Gasteiger partial charge in [0.1, 0.15) is 0 Å². The van der Waals surface area contributed by atoms with Crippen LogP contribution in [-0.2, 0) is 0 Å². The van der Waals surface area contributed by atoms with Gasteiger partial charge in [-0.1, -0.05) is 31.2 Å². The van der Waals surface area contributed by atoms with Crippen molar-refractivity contribution in [3.05, 3.63) is 35.4 Å². The summed E-state index contributed by atoms with van der Waals surface area (Å²) in [5.74, 6) is 0. The zero-order valence-electron chi connectivity index (χ0n) is 9.33. The van der Waals surface area contributed by atoms with Crippen molar-refractivity contribution in [3.63, 3.8) is 0 Å². The molecule has 2 nitrogen and oxygen atoms in total. The van der Waals surface area contributed by atoms with Crippen LogP contribution in [0.5, 0.6) is 0 Å². The molecule has 1 aromatic carbocycles. The standard InChI is InChI=1S/C12H20N2/c1-4-14(3)12(9-13)11-8-6-5-7-10(11)2/h5-8,12H,4,9,13H2,1-3H3. The summed E-state index contributed by atoms with van der Waals surface area (Å²) in [4.78, 5) is 2.28. The Morgan fingerprint density at radius 3 is 2.50 bits per heavy atom. The van der Waals surface area contributed by atoms with Crippen LogP contribution < -0.4 is 5.73 Å². The van der Waals surface area contributed by atoms with E-state index in [4.69, 9.17) is 5.73 Å². The molecule has 1 aromatic rings. The van der Waals surface area contributed by atoms with E-state index in [9.17, 15) is 0 Å². The van der Waals surface area contributed by atoms with E-state index in [2.05, 4.69) is 50.1 Å². The molecule has 0 fully saturated rings. The Balaban J connectivity index is 2.94. The molecule has 14 heavy (non-hydrogen) atoms. The minimum atomic E-state index is 0.348. The summed E-state index contributed by atoms with van der Waals surface area (Å²) in [6, 6.07) is 8.80. The van der Waals surface area contributed by atoms with Crippen molar-refractivity contribution < 1.29 is 0 Å². The minimum absolute atomic E-state index is 0.348. The lowest BCUT2D eigenvalue weighted by molar-refractivity contribution is 0.262. The quantitative estimate of drug-likeness (QED) is 0.790. The number of aryl methyl sites for hydroxylation is 1. The van der Waals surface area contributed by atoms with Gasteiger partial charge in [0.2, 0.25) is 0 Å². The number of likely N-dealkylation sites (N-methyl/N-ethyl adjacent to an activating group) is 1. The molecule has 0 radical (unpaired) electrons. The molecule has 1 unspecified atom stereocenters. The highest BCUT2D eigenvalue weighted by molar-refractivity contribution is 5.28. The van der Waals surface area contributed by atoms with Gasteiger partial charge >= 0.3 is 0 Å². The second kappa shape index (κ2) is 5.13. The molecule has 0 aromatic heterocycles. The Labute approximate surface area is 86.7 Å². The maximum atomic E-state index is 5.81. The average Bonchev–Trinajstić information content (AvgIpc) is 2.21. The smallest absolute Gasteiger partial charge is 0.0469 e. The predicted octanol–water partition coefficient (Wildman–Crippen LogP) is 1.95. The fourth-order valence-corrected chi connectivity index (χ4v) is 1.73. The molecular weight excluding hydrogens is 172 g/mol. The molecule has 0 saturated heterocycles. The summed E-state index contributed by atoms with van der Waals surface area (Å²) in [6.07, 6.45) is 0. The Bertz CT molecular complexity index is 283. The highest BCUT2D eigenvalue weighted by Gasteiger charge is 2.14. The summed E-state index contributed by atoms with van der Waals surface area (Å²) >= 11 is 0. The van der Waals surface area contributed by atoms with Crippen molar-refractivity contribution in [1.82, 2.24) is 4.90 Å². The van der Waals surface area contributed by atoms with Gasteiger partial charge in [0, 0.05) is 12.6 Å². The molecule has 2 N–H and O–H groups in total. The average molecular weight is 192 g/mol. The van der Waals surface area contributed by atoms with E-state index in [1.807, 2.05) is 0 Å². The van der Waals surface area contributed by atoms with Gasteiger partial charge in [0.15, 0.2) is 0 Å². The Kier molecular flexibility index (Phi) is 4.11. The van der Waals surface area contributed by atoms with Crippen molar-refractivity contribution in [2.24, 2.45) is 5.73 Å². The zero-order valence-corrected chi connectivity index (χ0v) is 9.33. The lowest BCUT2D eigenvalue weighted by Crippen LogP contribution is -2.30. The summed E-state index contributed by atoms with van der Waals surface area (Å²) in [7, 11) is 2.12. The third-order valence-electron chi connectivity index (χ3n) is 2.80. The van der Waals surface area contributed by atoms with Gasteiger partial charge in [-0.25, -0.2) is 0 Å². The van der Waals surface area contributed by atoms with Gasteiger partial charge in [-0.15, -0.1) is 0 Å². The molecule has 0 aliphatic rings. The van der Waals surface area contributed by atoms with E-state index in [0.717, 1.165) is 6.54 Å².